The van der Waals surface area contributed by atoms with Gasteiger partial charge in [-0.3, -0.25) is 30.6 Å². The average Bonchev–Trinajstić information content (AvgIpc) is 3.14. The molecule has 0 bridgehead atoms. The van der Waals surface area contributed by atoms with Gasteiger partial charge in [0.1, 0.15) is 0 Å². The number of rotatable bonds is 3. The fourth-order valence-corrected chi connectivity index (χ4v) is 3.78. The van der Waals surface area contributed by atoms with Crippen LogP contribution in [-0.2, 0) is 12.8 Å². The Bertz CT molecular complexity index is 822. The van der Waals surface area contributed by atoms with E-state index in [2.05, 4.69) is 10.9 Å². The highest BCUT2D eigenvalue weighted by atomic mass is 32.1. The summed E-state index contributed by atoms with van der Waals surface area (Å²) in [7, 11) is 0. The number of hydrogen-bond acceptors (Lipinski definition) is 5. The number of thiophene rings is 1. The number of benzene rings is 1. The molecule has 24 heavy (non-hydrogen) atoms. The van der Waals surface area contributed by atoms with Crippen LogP contribution in [0.2, 0.25) is 0 Å². The van der Waals surface area contributed by atoms with E-state index >= 15 is 0 Å². The summed E-state index contributed by atoms with van der Waals surface area (Å²) in [6.07, 6.45) is 3.09. The molecule has 2 N–H and O–H groups in total. The highest BCUT2D eigenvalue weighted by Crippen LogP contribution is 2.30. The topological polar surface area (TPSA) is 101 Å². The highest BCUT2D eigenvalue weighted by molar-refractivity contribution is 7.14. The van der Waals surface area contributed by atoms with Gasteiger partial charge in [-0.2, -0.15) is 0 Å². The normalized spacial score (nSPS) is 12.5. The number of nitrogens with one attached hydrogen (secondary N) is 2. The summed E-state index contributed by atoms with van der Waals surface area (Å²) in [6, 6.07) is 6.02. The van der Waals surface area contributed by atoms with Crippen LogP contribution in [0.1, 0.15) is 42.5 Å². The number of fused-ring (bicyclic) bond motifs is 1. The van der Waals surface area contributed by atoms with Gasteiger partial charge in [-0.1, -0.05) is 6.07 Å². The third kappa shape index (κ3) is 3.13. The van der Waals surface area contributed by atoms with Crippen LogP contribution in [0.25, 0.3) is 0 Å². The standard InChI is InChI=1S/C16H15N3O4S/c1-9-5-6-11(7-12(9)19(22)23)15(20)17-18-16(21)14-8-10-3-2-4-13(10)24-14/h5-8H,2-4H2,1H3,(H,17,20)(H,18,21). The first-order valence-corrected chi connectivity index (χ1v) is 8.24. The summed E-state index contributed by atoms with van der Waals surface area (Å²) >= 11 is 1.43. The van der Waals surface area contributed by atoms with E-state index in [1.165, 1.54) is 40.0 Å². The predicted molar refractivity (Wildman–Crippen MR) is 89.1 cm³/mol. The van der Waals surface area contributed by atoms with E-state index in [1.807, 2.05) is 6.07 Å². The Morgan fingerprint density at radius 3 is 2.62 bits per heavy atom. The molecule has 0 saturated carbocycles. The Labute approximate surface area is 141 Å². The molecule has 1 aliphatic rings. The lowest BCUT2D eigenvalue weighted by Gasteiger charge is -2.07. The minimum atomic E-state index is -0.601. The molecule has 3 rings (SSSR count). The summed E-state index contributed by atoms with van der Waals surface area (Å²) in [5, 5.41) is 10.9. The summed E-state index contributed by atoms with van der Waals surface area (Å²) in [5.41, 5.74) is 6.29. The summed E-state index contributed by atoms with van der Waals surface area (Å²) in [5.74, 6) is -0.986. The number of carbonyl (C=O) groups is 2. The lowest BCUT2D eigenvalue weighted by Crippen LogP contribution is -2.41. The number of nitro benzene ring substituents is 1. The minimum Gasteiger partial charge on any atom is -0.267 e. The summed E-state index contributed by atoms with van der Waals surface area (Å²) in [4.78, 5) is 36.3. The zero-order valence-corrected chi connectivity index (χ0v) is 13.7. The fourth-order valence-electron chi connectivity index (χ4n) is 2.64. The third-order valence-electron chi connectivity index (χ3n) is 3.93. The zero-order chi connectivity index (χ0) is 17.3. The molecule has 8 heteroatoms. The molecule has 2 aromatic rings. The van der Waals surface area contributed by atoms with Gasteiger partial charge < -0.3 is 0 Å². The number of hydrogen-bond donors (Lipinski definition) is 2. The molecule has 124 valence electrons. The minimum absolute atomic E-state index is 0.112. The van der Waals surface area contributed by atoms with Crippen molar-refractivity contribution in [3.05, 3.63) is 60.8 Å². The molecule has 1 aromatic carbocycles. The van der Waals surface area contributed by atoms with Crippen LogP contribution in [0.3, 0.4) is 0 Å². The molecule has 7 nitrogen and oxygen atoms in total. The SMILES string of the molecule is Cc1ccc(C(=O)NNC(=O)c2cc3c(s2)CCC3)cc1[N+](=O)[O-]. The Hall–Kier alpha value is -2.74. The van der Waals surface area contributed by atoms with Crippen LogP contribution in [0.15, 0.2) is 24.3 Å². The van der Waals surface area contributed by atoms with Crippen molar-refractivity contribution >= 4 is 28.8 Å². The summed E-state index contributed by atoms with van der Waals surface area (Å²) < 4.78 is 0. The van der Waals surface area contributed by atoms with Gasteiger partial charge in [-0.05, 0) is 43.9 Å². The van der Waals surface area contributed by atoms with Gasteiger partial charge in [0.15, 0.2) is 0 Å². The zero-order valence-electron chi connectivity index (χ0n) is 12.9. The molecule has 1 aromatic heterocycles. The van der Waals surface area contributed by atoms with Gasteiger partial charge in [0, 0.05) is 22.1 Å². The van der Waals surface area contributed by atoms with Crippen molar-refractivity contribution in [3.8, 4) is 0 Å². The van der Waals surface area contributed by atoms with Crippen molar-refractivity contribution in [2.24, 2.45) is 0 Å². The van der Waals surface area contributed by atoms with Crippen LogP contribution < -0.4 is 10.9 Å². The van der Waals surface area contributed by atoms with Crippen molar-refractivity contribution < 1.29 is 14.5 Å². The van der Waals surface area contributed by atoms with Crippen LogP contribution in [0.5, 0.6) is 0 Å². The lowest BCUT2D eigenvalue weighted by molar-refractivity contribution is -0.385. The molecule has 0 aliphatic heterocycles. The number of nitrogens with zero attached hydrogens (tertiary/aromatic N) is 1. The second-order valence-corrected chi connectivity index (χ2v) is 6.72. The monoisotopic (exact) mass is 345 g/mol. The molecular formula is C16H15N3O4S. The van der Waals surface area contributed by atoms with E-state index < -0.39 is 10.8 Å². The quantitative estimate of drug-likeness (QED) is 0.659. The maximum atomic E-state index is 12.1. The maximum absolute atomic E-state index is 12.1. The molecule has 1 aliphatic carbocycles. The molecule has 0 unspecified atom stereocenters. The number of hydrazine groups is 1. The van der Waals surface area contributed by atoms with E-state index in [-0.39, 0.29) is 17.2 Å². The van der Waals surface area contributed by atoms with Crippen molar-refractivity contribution in [1.82, 2.24) is 10.9 Å². The van der Waals surface area contributed by atoms with Gasteiger partial charge in [0.25, 0.3) is 17.5 Å². The van der Waals surface area contributed by atoms with E-state index in [9.17, 15) is 19.7 Å². The first-order chi connectivity index (χ1) is 11.5. The molecule has 2 amide bonds. The van der Waals surface area contributed by atoms with Crippen LogP contribution >= 0.6 is 11.3 Å². The lowest BCUT2D eigenvalue weighted by atomic mass is 10.1. The van der Waals surface area contributed by atoms with Gasteiger partial charge in [-0.25, -0.2) is 0 Å². The first kappa shape index (κ1) is 16.1. The molecule has 0 saturated heterocycles. The Balaban J connectivity index is 1.65. The predicted octanol–water partition coefficient (Wildman–Crippen LogP) is 2.53. The first-order valence-electron chi connectivity index (χ1n) is 7.43. The molecule has 1 heterocycles. The highest BCUT2D eigenvalue weighted by Gasteiger charge is 2.19. The van der Waals surface area contributed by atoms with Gasteiger partial charge in [0.2, 0.25) is 0 Å². The largest absolute Gasteiger partial charge is 0.279 e. The molecule has 0 radical (unpaired) electrons. The van der Waals surface area contributed by atoms with Crippen LogP contribution in [-0.4, -0.2) is 16.7 Å². The van der Waals surface area contributed by atoms with Gasteiger partial charge >= 0.3 is 0 Å². The smallest absolute Gasteiger partial charge is 0.267 e. The Morgan fingerprint density at radius 1 is 1.17 bits per heavy atom. The van der Waals surface area contributed by atoms with E-state index in [1.54, 1.807) is 6.92 Å². The molecule has 0 fully saturated rings. The second-order valence-electron chi connectivity index (χ2n) is 5.58. The summed E-state index contributed by atoms with van der Waals surface area (Å²) in [6.45, 7) is 1.59. The fraction of sp³-hybridized carbons (Fsp3) is 0.250. The second kappa shape index (κ2) is 6.40. The van der Waals surface area contributed by atoms with E-state index in [4.69, 9.17) is 0 Å². The van der Waals surface area contributed by atoms with Gasteiger partial charge in [0.05, 0.1) is 9.80 Å². The number of aryl methyl sites for hydroxylation is 3. The van der Waals surface area contributed by atoms with E-state index in [0.29, 0.717) is 10.4 Å². The van der Waals surface area contributed by atoms with Crippen LogP contribution in [0, 0.1) is 17.0 Å². The van der Waals surface area contributed by atoms with Crippen LogP contribution in [0.4, 0.5) is 5.69 Å². The van der Waals surface area contributed by atoms with Gasteiger partial charge in [-0.15, -0.1) is 11.3 Å². The average molecular weight is 345 g/mol. The van der Waals surface area contributed by atoms with Crippen molar-refractivity contribution in [2.75, 3.05) is 0 Å². The molecular weight excluding hydrogens is 330 g/mol. The molecule has 0 spiro atoms. The van der Waals surface area contributed by atoms with E-state index in [0.717, 1.165) is 19.3 Å². The Morgan fingerprint density at radius 2 is 1.92 bits per heavy atom. The number of amides is 2. The van der Waals surface area contributed by atoms with Crippen molar-refractivity contribution in [1.29, 1.82) is 0 Å². The number of carbonyl (C=O) groups excluding carboxylic acids is 2. The van der Waals surface area contributed by atoms with Crippen molar-refractivity contribution in [2.45, 2.75) is 26.2 Å². The Kier molecular flexibility index (Phi) is 4.30. The maximum Gasteiger partial charge on any atom is 0.279 e. The number of nitro groups is 1. The molecule has 0 atom stereocenters. The van der Waals surface area contributed by atoms with Crippen molar-refractivity contribution in [3.63, 3.8) is 0 Å². The third-order valence-corrected chi connectivity index (χ3v) is 5.16.